The van der Waals surface area contributed by atoms with Gasteiger partial charge in [-0.2, -0.15) is 13.2 Å². The molecule has 1 aromatic carbocycles. The van der Waals surface area contributed by atoms with Crippen molar-refractivity contribution < 1.29 is 22.7 Å². The number of hydrogen-bond acceptors (Lipinski definition) is 5. The molecule has 1 fully saturated rings. The van der Waals surface area contributed by atoms with Crippen LogP contribution in [0.15, 0.2) is 35.2 Å². The van der Waals surface area contributed by atoms with Crippen LogP contribution in [0.3, 0.4) is 0 Å². The fourth-order valence-electron chi connectivity index (χ4n) is 3.75. The summed E-state index contributed by atoms with van der Waals surface area (Å²) in [6, 6.07) is 6.87. The van der Waals surface area contributed by atoms with E-state index < -0.39 is 23.4 Å². The fraction of sp³-hybridized carbons (Fsp3) is 0.476. The molecular weight excluding hydrogens is 418 g/mol. The predicted octanol–water partition coefficient (Wildman–Crippen LogP) is 4.74. The summed E-state index contributed by atoms with van der Waals surface area (Å²) in [6.45, 7) is 6.12. The Labute approximate surface area is 177 Å². The SMILES string of the molecule is CSc1cc(N2CCN(c3ccc(C(F)(F)F)c(C)n3)[C@H](C(C)(C)O)C2)ccc1F. The molecule has 30 heavy (non-hydrogen) atoms. The van der Waals surface area contributed by atoms with Crippen molar-refractivity contribution >= 4 is 23.3 Å². The molecule has 164 valence electrons. The van der Waals surface area contributed by atoms with Crippen molar-refractivity contribution in [3.63, 3.8) is 0 Å². The van der Waals surface area contributed by atoms with E-state index in [1.807, 2.05) is 4.90 Å². The summed E-state index contributed by atoms with van der Waals surface area (Å²) in [5.41, 5.74) is -1.16. The molecule has 1 aliphatic heterocycles. The van der Waals surface area contributed by atoms with Crippen molar-refractivity contribution in [2.45, 2.75) is 43.5 Å². The van der Waals surface area contributed by atoms with Gasteiger partial charge in [0.2, 0.25) is 0 Å². The van der Waals surface area contributed by atoms with Gasteiger partial charge in [-0.1, -0.05) is 0 Å². The Morgan fingerprint density at radius 3 is 2.40 bits per heavy atom. The molecule has 1 aliphatic rings. The third kappa shape index (κ3) is 4.67. The first-order chi connectivity index (χ1) is 13.9. The van der Waals surface area contributed by atoms with E-state index >= 15 is 0 Å². The van der Waals surface area contributed by atoms with Crippen molar-refractivity contribution in [2.24, 2.45) is 0 Å². The molecule has 3 rings (SSSR count). The lowest BCUT2D eigenvalue weighted by Crippen LogP contribution is -2.61. The molecule has 1 aromatic heterocycles. The average Bonchev–Trinajstić information content (AvgIpc) is 2.66. The topological polar surface area (TPSA) is 39.6 Å². The first-order valence-corrected chi connectivity index (χ1v) is 10.8. The Morgan fingerprint density at radius 1 is 1.13 bits per heavy atom. The summed E-state index contributed by atoms with van der Waals surface area (Å²) in [5.74, 6) is 0.115. The lowest BCUT2D eigenvalue weighted by Gasteiger charge is -2.47. The van der Waals surface area contributed by atoms with E-state index in [0.29, 0.717) is 30.3 Å². The number of anilines is 2. The molecule has 0 spiro atoms. The van der Waals surface area contributed by atoms with Gasteiger partial charge in [-0.15, -0.1) is 11.8 Å². The first-order valence-electron chi connectivity index (χ1n) is 9.54. The van der Waals surface area contributed by atoms with Crippen LogP contribution in [-0.4, -0.2) is 47.6 Å². The normalized spacial score (nSPS) is 18.1. The molecule has 1 saturated heterocycles. The predicted molar refractivity (Wildman–Crippen MR) is 112 cm³/mol. The minimum Gasteiger partial charge on any atom is -0.388 e. The largest absolute Gasteiger partial charge is 0.418 e. The van der Waals surface area contributed by atoms with Crippen LogP contribution in [0.5, 0.6) is 0 Å². The number of benzene rings is 1. The van der Waals surface area contributed by atoms with E-state index in [1.165, 1.54) is 30.8 Å². The summed E-state index contributed by atoms with van der Waals surface area (Å²) >= 11 is 1.32. The highest BCUT2D eigenvalue weighted by Gasteiger charge is 2.39. The molecule has 1 atom stereocenters. The van der Waals surface area contributed by atoms with E-state index in [9.17, 15) is 22.7 Å². The smallest absolute Gasteiger partial charge is 0.388 e. The van der Waals surface area contributed by atoms with Crippen LogP contribution in [0.25, 0.3) is 0 Å². The molecule has 0 radical (unpaired) electrons. The Balaban J connectivity index is 1.91. The minimum absolute atomic E-state index is 0.0972. The lowest BCUT2D eigenvalue weighted by molar-refractivity contribution is -0.138. The van der Waals surface area contributed by atoms with E-state index in [-0.39, 0.29) is 11.5 Å². The second-order valence-corrected chi connectivity index (χ2v) is 8.78. The number of hydrogen-bond donors (Lipinski definition) is 1. The maximum Gasteiger partial charge on any atom is 0.418 e. The van der Waals surface area contributed by atoms with E-state index in [2.05, 4.69) is 9.88 Å². The fourth-order valence-corrected chi connectivity index (χ4v) is 4.25. The molecule has 0 aliphatic carbocycles. The molecular formula is C21H25F4N3OS. The zero-order chi connectivity index (χ0) is 22.3. The second-order valence-electron chi connectivity index (χ2n) is 7.93. The van der Waals surface area contributed by atoms with Crippen LogP contribution in [0.2, 0.25) is 0 Å². The molecule has 9 heteroatoms. The zero-order valence-electron chi connectivity index (χ0n) is 17.3. The summed E-state index contributed by atoms with van der Waals surface area (Å²) in [5, 5.41) is 10.8. The third-order valence-corrected chi connectivity index (χ3v) is 6.12. The van der Waals surface area contributed by atoms with E-state index in [0.717, 1.165) is 11.8 Å². The Morgan fingerprint density at radius 2 is 1.83 bits per heavy atom. The van der Waals surface area contributed by atoms with Gasteiger partial charge in [0.1, 0.15) is 11.6 Å². The number of thioether (sulfide) groups is 1. The van der Waals surface area contributed by atoms with Crippen molar-refractivity contribution in [1.29, 1.82) is 0 Å². The minimum atomic E-state index is -4.46. The van der Waals surface area contributed by atoms with Crippen LogP contribution < -0.4 is 9.80 Å². The standard InChI is InChI=1S/C21H25F4N3OS/c1-13-15(21(23,24)25)6-8-19(26-13)28-10-9-27(12-18(28)20(2,3)29)14-5-7-16(22)17(11-14)30-4/h5-8,11,18,29H,9-10,12H2,1-4H3/t18-/m0/s1. The maximum absolute atomic E-state index is 13.9. The van der Waals surface area contributed by atoms with Gasteiger partial charge in [0, 0.05) is 30.2 Å². The van der Waals surface area contributed by atoms with Crippen molar-refractivity contribution in [3.05, 3.63) is 47.4 Å². The second kappa shape index (κ2) is 8.26. The molecule has 2 aromatic rings. The molecule has 0 saturated carbocycles. The monoisotopic (exact) mass is 443 g/mol. The van der Waals surface area contributed by atoms with Crippen LogP contribution in [0, 0.1) is 12.7 Å². The Bertz CT molecular complexity index is 914. The van der Waals surface area contributed by atoms with Crippen molar-refractivity contribution in [3.8, 4) is 0 Å². The van der Waals surface area contributed by atoms with E-state index in [4.69, 9.17) is 0 Å². The third-order valence-electron chi connectivity index (χ3n) is 5.37. The number of piperazine rings is 1. The Hall–Kier alpha value is -2.00. The highest BCUT2D eigenvalue weighted by molar-refractivity contribution is 7.98. The summed E-state index contributed by atoms with van der Waals surface area (Å²) in [6.07, 6.45) is -2.65. The molecule has 1 N–H and O–H groups in total. The number of alkyl halides is 3. The van der Waals surface area contributed by atoms with Crippen LogP contribution in [0.1, 0.15) is 25.1 Å². The van der Waals surface area contributed by atoms with Crippen molar-refractivity contribution in [2.75, 3.05) is 35.7 Å². The molecule has 2 heterocycles. The Kier molecular flexibility index (Phi) is 6.25. The summed E-state index contributed by atoms with van der Waals surface area (Å²) < 4.78 is 53.1. The maximum atomic E-state index is 13.9. The van der Waals surface area contributed by atoms with Gasteiger partial charge in [0.15, 0.2) is 0 Å². The summed E-state index contributed by atoms with van der Waals surface area (Å²) in [4.78, 5) is 8.62. The number of nitrogens with zero attached hydrogens (tertiary/aromatic N) is 3. The van der Waals surface area contributed by atoms with Crippen LogP contribution in [0.4, 0.5) is 29.1 Å². The highest BCUT2D eigenvalue weighted by atomic mass is 32.2. The van der Waals surface area contributed by atoms with Gasteiger partial charge in [-0.25, -0.2) is 9.37 Å². The molecule has 0 unspecified atom stereocenters. The zero-order valence-corrected chi connectivity index (χ0v) is 18.1. The van der Waals surface area contributed by atoms with Crippen LogP contribution in [-0.2, 0) is 6.18 Å². The van der Waals surface area contributed by atoms with Gasteiger partial charge in [-0.3, -0.25) is 0 Å². The van der Waals surface area contributed by atoms with Gasteiger partial charge < -0.3 is 14.9 Å². The van der Waals surface area contributed by atoms with E-state index in [1.54, 1.807) is 32.2 Å². The van der Waals surface area contributed by atoms with Gasteiger partial charge in [-0.05, 0) is 57.4 Å². The first kappa shape index (κ1) is 22.7. The average molecular weight is 444 g/mol. The van der Waals surface area contributed by atoms with Crippen LogP contribution >= 0.6 is 11.8 Å². The number of aromatic nitrogens is 1. The lowest BCUT2D eigenvalue weighted by atomic mass is 9.94. The van der Waals surface area contributed by atoms with Gasteiger partial charge in [0.05, 0.1) is 22.9 Å². The van der Waals surface area contributed by atoms with Crippen molar-refractivity contribution in [1.82, 2.24) is 4.98 Å². The number of pyridine rings is 1. The summed E-state index contributed by atoms with van der Waals surface area (Å²) in [7, 11) is 0. The number of rotatable bonds is 4. The molecule has 4 nitrogen and oxygen atoms in total. The highest BCUT2D eigenvalue weighted by Crippen LogP contribution is 2.34. The quantitative estimate of drug-likeness (QED) is 0.546. The molecule has 0 amide bonds. The number of halogens is 4. The number of aryl methyl sites for hydroxylation is 1. The molecule has 0 bridgehead atoms. The van der Waals surface area contributed by atoms with Gasteiger partial charge in [0.25, 0.3) is 0 Å². The van der Waals surface area contributed by atoms with Gasteiger partial charge >= 0.3 is 6.18 Å². The number of aliphatic hydroxyl groups is 1.